The van der Waals surface area contributed by atoms with Gasteiger partial charge < -0.3 is 10.4 Å². The van der Waals surface area contributed by atoms with Crippen molar-refractivity contribution in [2.24, 2.45) is 0 Å². The lowest BCUT2D eigenvalue weighted by molar-refractivity contribution is 0.464. The third kappa shape index (κ3) is 2.59. The number of anilines is 1. The number of halogens is 1. The number of hydrogen-bond acceptors (Lipinski definition) is 3. The Kier molecular flexibility index (Phi) is 3.46. The number of aromatic hydroxyl groups is 1. The van der Waals surface area contributed by atoms with E-state index in [1.807, 2.05) is 19.9 Å². The second kappa shape index (κ2) is 5.04. The summed E-state index contributed by atoms with van der Waals surface area (Å²) in [5, 5.41) is 12.6. The van der Waals surface area contributed by atoms with Gasteiger partial charge in [0.05, 0.1) is 12.2 Å². The quantitative estimate of drug-likeness (QED) is 0.874. The first kappa shape index (κ1) is 12.4. The van der Waals surface area contributed by atoms with E-state index in [2.05, 4.69) is 10.3 Å². The first-order valence-corrected chi connectivity index (χ1v) is 5.72. The second-order valence-corrected chi connectivity index (χ2v) is 4.20. The van der Waals surface area contributed by atoms with Crippen LogP contribution in [0.3, 0.4) is 0 Å². The van der Waals surface area contributed by atoms with Crippen LogP contribution < -0.4 is 5.32 Å². The molecule has 1 heterocycles. The van der Waals surface area contributed by atoms with Crippen LogP contribution in [0.15, 0.2) is 30.3 Å². The molecule has 0 amide bonds. The molecular weight excluding hydrogens is 231 g/mol. The minimum atomic E-state index is -0.304. The molecule has 3 nitrogen and oxygen atoms in total. The highest BCUT2D eigenvalue weighted by molar-refractivity contribution is 5.52. The number of nitrogens with zero attached hydrogens (tertiary/aromatic N) is 1. The Bertz CT molecular complexity index is 549. The minimum absolute atomic E-state index is 0.113. The van der Waals surface area contributed by atoms with E-state index in [1.165, 1.54) is 6.07 Å². The summed E-state index contributed by atoms with van der Waals surface area (Å²) >= 11 is 0. The molecule has 0 atom stereocenters. The summed E-state index contributed by atoms with van der Waals surface area (Å²) in [6, 6.07) is 8.22. The van der Waals surface area contributed by atoms with Crippen molar-refractivity contribution in [2.45, 2.75) is 20.4 Å². The Morgan fingerprint density at radius 2 is 2.00 bits per heavy atom. The predicted molar refractivity (Wildman–Crippen MR) is 69.1 cm³/mol. The average molecular weight is 246 g/mol. The van der Waals surface area contributed by atoms with Crippen molar-refractivity contribution in [3.63, 3.8) is 0 Å². The Morgan fingerprint density at radius 1 is 1.22 bits per heavy atom. The smallest absolute Gasteiger partial charge is 0.146 e. The zero-order chi connectivity index (χ0) is 13.1. The molecular formula is C14H15FN2O. The average Bonchev–Trinajstić information content (AvgIpc) is 2.33. The normalized spacial score (nSPS) is 10.4. The van der Waals surface area contributed by atoms with Gasteiger partial charge >= 0.3 is 0 Å². The zero-order valence-corrected chi connectivity index (χ0v) is 10.4. The number of aromatic nitrogens is 1. The molecule has 0 saturated heterocycles. The van der Waals surface area contributed by atoms with E-state index in [0.29, 0.717) is 11.4 Å². The summed E-state index contributed by atoms with van der Waals surface area (Å²) in [5.41, 5.74) is 2.59. The summed E-state index contributed by atoms with van der Waals surface area (Å²) in [4.78, 5) is 4.21. The van der Waals surface area contributed by atoms with Gasteiger partial charge in [0.2, 0.25) is 0 Å². The zero-order valence-electron chi connectivity index (χ0n) is 10.4. The van der Waals surface area contributed by atoms with Gasteiger partial charge in [0.15, 0.2) is 0 Å². The van der Waals surface area contributed by atoms with Crippen LogP contribution in [-0.4, -0.2) is 10.1 Å². The van der Waals surface area contributed by atoms with E-state index in [-0.39, 0.29) is 18.1 Å². The lowest BCUT2D eigenvalue weighted by atomic mass is 10.2. The predicted octanol–water partition coefficient (Wildman–Crippen LogP) is 3.16. The van der Waals surface area contributed by atoms with E-state index in [9.17, 15) is 9.50 Å². The third-order valence-corrected chi connectivity index (χ3v) is 2.74. The van der Waals surface area contributed by atoms with Gasteiger partial charge in [-0.05, 0) is 37.6 Å². The molecule has 0 aliphatic heterocycles. The third-order valence-electron chi connectivity index (χ3n) is 2.74. The lowest BCUT2D eigenvalue weighted by Gasteiger charge is -2.11. The van der Waals surface area contributed by atoms with Crippen LogP contribution in [-0.2, 0) is 6.54 Å². The molecule has 0 fully saturated rings. The van der Waals surface area contributed by atoms with Gasteiger partial charge in [-0.25, -0.2) is 4.39 Å². The van der Waals surface area contributed by atoms with Gasteiger partial charge in [0, 0.05) is 5.69 Å². The molecule has 0 aliphatic rings. The molecule has 2 N–H and O–H groups in total. The summed E-state index contributed by atoms with van der Waals surface area (Å²) in [6.45, 7) is 3.96. The monoisotopic (exact) mass is 246 g/mol. The number of aryl methyl sites for hydroxylation is 2. The highest BCUT2D eigenvalue weighted by atomic mass is 19.1. The van der Waals surface area contributed by atoms with Gasteiger partial charge in [-0.2, -0.15) is 0 Å². The van der Waals surface area contributed by atoms with Crippen LogP contribution in [0.1, 0.15) is 17.0 Å². The van der Waals surface area contributed by atoms with E-state index < -0.39 is 0 Å². The molecule has 0 radical (unpaired) electrons. The van der Waals surface area contributed by atoms with Crippen molar-refractivity contribution >= 4 is 5.69 Å². The van der Waals surface area contributed by atoms with E-state index in [4.69, 9.17) is 0 Å². The number of para-hydroxylation sites is 1. The molecule has 2 rings (SSSR count). The standard InChI is InChI=1S/C14H15FN2O/c1-9-4-3-5-11(15)14(9)16-8-12-13(18)7-6-10(2)17-12/h3-7,16,18H,8H2,1-2H3. The Morgan fingerprint density at radius 3 is 2.72 bits per heavy atom. The summed E-state index contributed by atoms with van der Waals surface area (Å²) in [6.07, 6.45) is 0. The van der Waals surface area contributed by atoms with Gasteiger partial charge in [-0.1, -0.05) is 12.1 Å². The number of benzene rings is 1. The molecule has 1 aromatic carbocycles. The highest BCUT2D eigenvalue weighted by Gasteiger charge is 2.07. The molecule has 2 aromatic rings. The maximum atomic E-state index is 13.6. The number of pyridine rings is 1. The van der Waals surface area contributed by atoms with Crippen LogP contribution in [0.25, 0.3) is 0 Å². The van der Waals surface area contributed by atoms with Crippen LogP contribution in [0.5, 0.6) is 5.75 Å². The molecule has 94 valence electrons. The molecule has 1 aromatic heterocycles. The van der Waals surface area contributed by atoms with Crippen molar-refractivity contribution in [3.05, 3.63) is 53.1 Å². The minimum Gasteiger partial charge on any atom is -0.506 e. The van der Waals surface area contributed by atoms with Crippen molar-refractivity contribution in [1.29, 1.82) is 0 Å². The first-order valence-electron chi connectivity index (χ1n) is 5.72. The molecule has 0 spiro atoms. The topological polar surface area (TPSA) is 45.1 Å². The fourth-order valence-corrected chi connectivity index (χ4v) is 1.76. The summed E-state index contributed by atoms with van der Waals surface area (Å²) < 4.78 is 13.6. The molecule has 0 aliphatic carbocycles. The second-order valence-electron chi connectivity index (χ2n) is 4.20. The maximum Gasteiger partial charge on any atom is 0.146 e. The van der Waals surface area contributed by atoms with Crippen molar-refractivity contribution in [3.8, 4) is 5.75 Å². The number of hydrogen-bond donors (Lipinski definition) is 2. The first-order chi connectivity index (χ1) is 8.58. The van der Waals surface area contributed by atoms with Crippen LogP contribution in [0.2, 0.25) is 0 Å². The van der Waals surface area contributed by atoms with Crippen LogP contribution in [0.4, 0.5) is 10.1 Å². The molecule has 0 bridgehead atoms. The Hall–Kier alpha value is -2.10. The lowest BCUT2D eigenvalue weighted by Crippen LogP contribution is -2.05. The van der Waals surface area contributed by atoms with E-state index in [1.54, 1.807) is 18.2 Å². The van der Waals surface area contributed by atoms with Gasteiger partial charge in [-0.3, -0.25) is 4.98 Å². The molecule has 0 unspecified atom stereocenters. The van der Waals surface area contributed by atoms with Crippen molar-refractivity contribution in [1.82, 2.24) is 4.98 Å². The Labute approximate surface area is 105 Å². The molecule has 0 saturated carbocycles. The SMILES string of the molecule is Cc1ccc(O)c(CNc2c(C)cccc2F)n1. The van der Waals surface area contributed by atoms with Gasteiger partial charge in [-0.15, -0.1) is 0 Å². The molecule has 18 heavy (non-hydrogen) atoms. The fourth-order valence-electron chi connectivity index (χ4n) is 1.76. The van der Waals surface area contributed by atoms with Crippen molar-refractivity contribution < 1.29 is 9.50 Å². The number of nitrogens with one attached hydrogen (secondary N) is 1. The fraction of sp³-hybridized carbons (Fsp3) is 0.214. The van der Waals surface area contributed by atoms with Crippen molar-refractivity contribution in [2.75, 3.05) is 5.32 Å². The highest BCUT2D eigenvalue weighted by Crippen LogP contribution is 2.21. The van der Waals surface area contributed by atoms with E-state index >= 15 is 0 Å². The van der Waals surface area contributed by atoms with Gasteiger partial charge in [0.1, 0.15) is 17.3 Å². The summed E-state index contributed by atoms with van der Waals surface area (Å²) in [7, 11) is 0. The van der Waals surface area contributed by atoms with E-state index in [0.717, 1.165) is 11.3 Å². The maximum absolute atomic E-state index is 13.6. The number of rotatable bonds is 3. The largest absolute Gasteiger partial charge is 0.506 e. The summed E-state index contributed by atoms with van der Waals surface area (Å²) in [5.74, 6) is -0.191. The molecule has 4 heteroatoms. The van der Waals surface area contributed by atoms with Crippen LogP contribution >= 0.6 is 0 Å². The Balaban J connectivity index is 2.19. The van der Waals surface area contributed by atoms with Gasteiger partial charge in [0.25, 0.3) is 0 Å². The van der Waals surface area contributed by atoms with Crippen LogP contribution in [0, 0.1) is 19.7 Å².